The first-order valence-corrected chi connectivity index (χ1v) is 8.40. The number of thioether (sulfide) groups is 1. The van der Waals surface area contributed by atoms with E-state index in [9.17, 15) is 9.59 Å². The number of carboxylic acids is 1. The molecule has 0 aromatic heterocycles. The molecule has 1 fully saturated rings. The van der Waals surface area contributed by atoms with Crippen molar-refractivity contribution in [2.45, 2.75) is 6.54 Å². The molecule has 0 atom stereocenters. The van der Waals surface area contributed by atoms with Crippen LogP contribution in [0.5, 0.6) is 0 Å². The van der Waals surface area contributed by atoms with Gasteiger partial charge in [-0.2, -0.15) is 0 Å². The maximum Gasteiger partial charge on any atom is 0.335 e. The Morgan fingerprint density at radius 3 is 2.62 bits per heavy atom. The maximum atomic E-state index is 12.6. The summed E-state index contributed by atoms with van der Waals surface area (Å²) in [6, 6.07) is 16.1. The number of carbonyl (C=O) groups excluding carboxylic acids is 1. The number of benzene rings is 2. The highest BCUT2D eigenvalue weighted by Gasteiger charge is 2.31. The van der Waals surface area contributed by atoms with E-state index in [0.717, 1.165) is 5.56 Å². The molecule has 120 valence electrons. The van der Waals surface area contributed by atoms with Gasteiger partial charge in [-0.25, -0.2) is 4.79 Å². The number of carboxylic acid groups (broad SMARTS) is 1. The van der Waals surface area contributed by atoms with Gasteiger partial charge < -0.3 is 5.11 Å². The summed E-state index contributed by atoms with van der Waals surface area (Å²) in [6.45, 7) is 0.429. The van der Waals surface area contributed by atoms with E-state index in [4.69, 9.17) is 17.3 Å². The van der Waals surface area contributed by atoms with Crippen LogP contribution in [0.4, 0.5) is 0 Å². The average molecular weight is 355 g/mol. The number of rotatable bonds is 4. The summed E-state index contributed by atoms with van der Waals surface area (Å²) < 4.78 is 0.504. The molecular weight excluding hydrogens is 342 g/mol. The van der Waals surface area contributed by atoms with Crippen LogP contribution in [0.3, 0.4) is 0 Å². The molecule has 24 heavy (non-hydrogen) atoms. The maximum absolute atomic E-state index is 12.6. The number of hydrogen-bond donors (Lipinski definition) is 1. The van der Waals surface area contributed by atoms with Crippen molar-refractivity contribution in [2.75, 3.05) is 0 Å². The molecule has 0 aliphatic carbocycles. The van der Waals surface area contributed by atoms with Crippen LogP contribution in [0, 0.1) is 0 Å². The van der Waals surface area contributed by atoms with Crippen LogP contribution < -0.4 is 0 Å². The number of amides is 1. The smallest absolute Gasteiger partial charge is 0.335 e. The van der Waals surface area contributed by atoms with E-state index >= 15 is 0 Å². The van der Waals surface area contributed by atoms with Gasteiger partial charge in [0.15, 0.2) is 0 Å². The van der Waals surface area contributed by atoms with Crippen LogP contribution in [0.15, 0.2) is 59.5 Å². The first-order chi connectivity index (χ1) is 11.5. The van der Waals surface area contributed by atoms with Gasteiger partial charge in [-0.3, -0.25) is 9.69 Å². The van der Waals surface area contributed by atoms with Gasteiger partial charge in [0.05, 0.1) is 17.0 Å². The van der Waals surface area contributed by atoms with Crippen molar-refractivity contribution in [3.63, 3.8) is 0 Å². The molecule has 4 nitrogen and oxygen atoms in total. The molecule has 3 rings (SSSR count). The van der Waals surface area contributed by atoms with E-state index in [-0.39, 0.29) is 11.5 Å². The van der Waals surface area contributed by atoms with Crippen molar-refractivity contribution >= 4 is 46.3 Å². The zero-order chi connectivity index (χ0) is 17.1. The fraction of sp³-hybridized carbons (Fsp3) is 0.0556. The summed E-state index contributed by atoms with van der Waals surface area (Å²) in [5.41, 5.74) is 1.85. The quantitative estimate of drug-likeness (QED) is 0.668. The fourth-order valence-corrected chi connectivity index (χ4v) is 3.57. The summed E-state index contributed by atoms with van der Waals surface area (Å²) in [5.74, 6) is -1.16. The Morgan fingerprint density at radius 1 is 1.17 bits per heavy atom. The summed E-state index contributed by atoms with van der Waals surface area (Å²) in [5, 5.41) is 9.05. The number of nitrogens with zero attached hydrogens (tertiary/aromatic N) is 1. The van der Waals surface area contributed by atoms with Gasteiger partial charge in [-0.15, -0.1) is 0 Å². The predicted molar refractivity (Wildman–Crippen MR) is 98.6 cm³/mol. The van der Waals surface area contributed by atoms with Crippen molar-refractivity contribution in [3.05, 3.63) is 76.2 Å². The highest BCUT2D eigenvalue weighted by atomic mass is 32.2. The van der Waals surface area contributed by atoms with Gasteiger partial charge in [0.2, 0.25) is 0 Å². The molecule has 0 bridgehead atoms. The fourth-order valence-electron chi connectivity index (χ4n) is 2.32. The second-order valence-corrected chi connectivity index (χ2v) is 6.86. The van der Waals surface area contributed by atoms with Crippen molar-refractivity contribution in [3.8, 4) is 0 Å². The van der Waals surface area contributed by atoms with Crippen LogP contribution in [0.1, 0.15) is 21.5 Å². The summed E-state index contributed by atoms with van der Waals surface area (Å²) >= 11 is 6.54. The lowest BCUT2D eigenvalue weighted by Gasteiger charge is -2.14. The van der Waals surface area contributed by atoms with E-state index < -0.39 is 5.97 Å². The van der Waals surface area contributed by atoms with E-state index in [1.165, 1.54) is 23.9 Å². The molecule has 1 saturated heterocycles. The van der Waals surface area contributed by atoms with Crippen LogP contribution in [-0.4, -0.2) is 26.2 Å². The van der Waals surface area contributed by atoms with Crippen LogP contribution in [-0.2, 0) is 11.3 Å². The molecule has 0 radical (unpaired) electrons. The van der Waals surface area contributed by atoms with Crippen LogP contribution >= 0.6 is 24.0 Å². The Hall–Kier alpha value is -2.44. The van der Waals surface area contributed by atoms with E-state index in [1.54, 1.807) is 23.1 Å². The predicted octanol–water partition coefficient (Wildman–Crippen LogP) is 3.79. The normalized spacial score (nSPS) is 16.0. The third-order valence-corrected chi connectivity index (χ3v) is 4.87. The zero-order valence-electron chi connectivity index (χ0n) is 12.5. The molecule has 0 saturated carbocycles. The number of carbonyl (C=O) groups is 2. The van der Waals surface area contributed by atoms with Crippen LogP contribution in [0.25, 0.3) is 6.08 Å². The molecule has 0 spiro atoms. The van der Waals surface area contributed by atoms with Crippen LogP contribution in [0.2, 0.25) is 0 Å². The standard InChI is InChI=1S/C18H13NO3S2/c20-16-15(10-13-7-4-8-14(9-13)17(21)22)24-18(23)19(16)11-12-5-2-1-3-6-12/h1-10H,11H2,(H,21,22)/b15-10+. The highest BCUT2D eigenvalue weighted by molar-refractivity contribution is 8.26. The molecular formula is C18H13NO3S2. The molecule has 1 aliphatic rings. The first-order valence-electron chi connectivity index (χ1n) is 7.17. The zero-order valence-corrected chi connectivity index (χ0v) is 14.1. The molecule has 0 unspecified atom stereocenters. The summed E-state index contributed by atoms with van der Waals surface area (Å²) in [6.07, 6.45) is 1.68. The van der Waals surface area contributed by atoms with Crippen molar-refractivity contribution in [2.24, 2.45) is 0 Å². The van der Waals surface area contributed by atoms with Gasteiger partial charge in [0, 0.05) is 0 Å². The highest BCUT2D eigenvalue weighted by Crippen LogP contribution is 2.33. The van der Waals surface area contributed by atoms with Crippen molar-refractivity contribution in [1.29, 1.82) is 0 Å². The minimum atomic E-state index is -0.998. The molecule has 6 heteroatoms. The third kappa shape index (κ3) is 3.55. The Morgan fingerprint density at radius 2 is 1.92 bits per heavy atom. The molecule has 1 heterocycles. The summed E-state index contributed by atoms with van der Waals surface area (Å²) in [7, 11) is 0. The number of hydrogen-bond acceptors (Lipinski definition) is 4. The molecule has 1 aliphatic heterocycles. The molecule has 2 aromatic carbocycles. The van der Waals surface area contributed by atoms with Gasteiger partial charge in [-0.1, -0.05) is 66.4 Å². The topological polar surface area (TPSA) is 57.6 Å². The second-order valence-electron chi connectivity index (χ2n) is 5.18. The van der Waals surface area contributed by atoms with Crippen molar-refractivity contribution < 1.29 is 14.7 Å². The Labute approximate surface area is 148 Å². The lowest BCUT2D eigenvalue weighted by Crippen LogP contribution is -2.27. The largest absolute Gasteiger partial charge is 0.478 e. The Kier molecular flexibility index (Phi) is 4.78. The lowest BCUT2D eigenvalue weighted by molar-refractivity contribution is -0.122. The SMILES string of the molecule is O=C(O)c1cccc(/C=C2/SC(=S)N(Cc3ccccc3)C2=O)c1. The monoisotopic (exact) mass is 355 g/mol. The van der Waals surface area contributed by atoms with Gasteiger partial charge in [0.25, 0.3) is 5.91 Å². The number of aromatic carboxylic acids is 1. The lowest BCUT2D eigenvalue weighted by atomic mass is 10.1. The Bertz CT molecular complexity index is 846. The van der Waals surface area contributed by atoms with Gasteiger partial charge in [-0.05, 0) is 29.3 Å². The van der Waals surface area contributed by atoms with E-state index in [2.05, 4.69) is 0 Å². The number of thiocarbonyl (C=S) groups is 1. The second kappa shape index (κ2) is 6.98. The third-order valence-electron chi connectivity index (χ3n) is 3.49. The molecule has 1 amide bonds. The van der Waals surface area contributed by atoms with Crippen molar-refractivity contribution in [1.82, 2.24) is 4.90 Å². The molecule has 1 N–H and O–H groups in total. The average Bonchev–Trinajstić information content (AvgIpc) is 2.83. The first kappa shape index (κ1) is 16.4. The van der Waals surface area contributed by atoms with E-state index in [1.807, 2.05) is 30.3 Å². The van der Waals surface area contributed by atoms with E-state index in [0.29, 0.717) is 21.3 Å². The van der Waals surface area contributed by atoms with Gasteiger partial charge in [0.1, 0.15) is 4.32 Å². The Balaban J connectivity index is 1.83. The minimum Gasteiger partial charge on any atom is -0.478 e. The molecule has 2 aromatic rings. The summed E-state index contributed by atoms with van der Waals surface area (Å²) in [4.78, 5) is 25.7. The minimum absolute atomic E-state index is 0.158. The van der Waals surface area contributed by atoms with Gasteiger partial charge >= 0.3 is 5.97 Å².